The molecule has 9 rings (SSSR count). The van der Waals surface area contributed by atoms with Gasteiger partial charge in [-0.1, -0.05) is 84.4 Å². The van der Waals surface area contributed by atoms with Gasteiger partial charge in [-0.3, -0.25) is 0 Å². The van der Waals surface area contributed by atoms with Crippen molar-refractivity contribution in [3.63, 3.8) is 0 Å². The highest BCUT2D eigenvalue weighted by Crippen LogP contribution is 2.47. The monoisotopic (exact) mass is 538 g/mol. The van der Waals surface area contributed by atoms with E-state index >= 15 is 0 Å². The van der Waals surface area contributed by atoms with Gasteiger partial charge in [0.2, 0.25) is 0 Å². The lowest BCUT2D eigenvalue weighted by Gasteiger charge is -2.42. The summed E-state index contributed by atoms with van der Waals surface area (Å²) in [5, 5.41) is 0. The van der Waals surface area contributed by atoms with Crippen molar-refractivity contribution in [1.82, 2.24) is 0 Å². The standard InChI is InChI=1S/C38H27BN2O/c1-25-22-29(41-31-17-8-5-12-26(31)23-27-13-6-9-18-32(27)41)24-34-37(25)39-30-16-7-10-20-35(30)42-36-21-11-19-33(38(36)39)40(34)28-14-3-2-4-15-28/h2-22,24H,23H2,1H3. The Hall–Kier alpha value is -5.22. The molecule has 3 aliphatic rings. The van der Waals surface area contributed by atoms with Crippen molar-refractivity contribution in [3.8, 4) is 11.5 Å². The molecule has 0 aliphatic carbocycles. The zero-order valence-corrected chi connectivity index (χ0v) is 23.3. The molecule has 42 heavy (non-hydrogen) atoms. The smallest absolute Gasteiger partial charge is 0.256 e. The van der Waals surface area contributed by atoms with Gasteiger partial charge in [0, 0.05) is 40.5 Å². The van der Waals surface area contributed by atoms with Crippen molar-refractivity contribution in [3.05, 3.63) is 150 Å². The SMILES string of the molecule is Cc1cc(N2c3ccccc3Cc3ccccc32)cc2c1B1c3ccccc3Oc3cccc(c31)N2c1ccccc1. The number of para-hydroxylation sites is 4. The van der Waals surface area contributed by atoms with Crippen LogP contribution in [-0.2, 0) is 6.42 Å². The fraction of sp³-hybridized carbons (Fsp3) is 0.0526. The molecule has 0 unspecified atom stereocenters. The summed E-state index contributed by atoms with van der Waals surface area (Å²) < 4.78 is 6.53. The Kier molecular flexibility index (Phi) is 4.97. The molecule has 0 amide bonds. The van der Waals surface area contributed by atoms with Gasteiger partial charge in [-0.05, 0) is 89.0 Å². The maximum Gasteiger partial charge on any atom is 0.256 e. The van der Waals surface area contributed by atoms with Crippen LogP contribution in [-0.4, -0.2) is 6.71 Å². The maximum absolute atomic E-state index is 6.53. The molecule has 0 N–H and O–H groups in total. The van der Waals surface area contributed by atoms with Crippen LogP contribution in [0.25, 0.3) is 0 Å². The lowest BCUT2D eigenvalue weighted by molar-refractivity contribution is 0.487. The predicted octanol–water partition coefficient (Wildman–Crippen LogP) is 7.77. The average Bonchev–Trinajstić information content (AvgIpc) is 3.03. The first kappa shape index (κ1) is 23.5. The van der Waals surface area contributed by atoms with Crippen LogP contribution in [0.5, 0.6) is 11.5 Å². The van der Waals surface area contributed by atoms with Crippen molar-refractivity contribution in [2.24, 2.45) is 0 Å². The minimum absolute atomic E-state index is 0.0890. The molecule has 0 aromatic heterocycles. The fourth-order valence-corrected chi connectivity index (χ4v) is 7.30. The Balaban J connectivity index is 1.35. The Morgan fingerprint density at radius 3 is 1.93 bits per heavy atom. The zero-order chi connectivity index (χ0) is 27.8. The summed E-state index contributed by atoms with van der Waals surface area (Å²) in [7, 11) is 0. The van der Waals surface area contributed by atoms with Crippen molar-refractivity contribution in [1.29, 1.82) is 0 Å². The van der Waals surface area contributed by atoms with Crippen LogP contribution < -0.4 is 30.9 Å². The molecule has 3 aliphatic heterocycles. The summed E-state index contributed by atoms with van der Waals surface area (Å²) >= 11 is 0. The summed E-state index contributed by atoms with van der Waals surface area (Å²) in [6.07, 6.45) is 0.942. The molecular weight excluding hydrogens is 511 g/mol. The van der Waals surface area contributed by atoms with Crippen LogP contribution in [0.2, 0.25) is 0 Å². The van der Waals surface area contributed by atoms with Gasteiger partial charge in [0.05, 0.1) is 0 Å². The summed E-state index contributed by atoms with van der Waals surface area (Å²) in [5.41, 5.74) is 14.9. The van der Waals surface area contributed by atoms with Gasteiger partial charge in [0.25, 0.3) is 6.71 Å². The molecule has 0 radical (unpaired) electrons. The van der Waals surface area contributed by atoms with E-state index in [4.69, 9.17) is 4.74 Å². The molecule has 0 fully saturated rings. The van der Waals surface area contributed by atoms with Gasteiger partial charge in [-0.15, -0.1) is 0 Å². The molecular formula is C38H27BN2O. The van der Waals surface area contributed by atoms with E-state index in [1.807, 2.05) is 0 Å². The van der Waals surface area contributed by atoms with Crippen LogP contribution in [0.1, 0.15) is 16.7 Å². The molecule has 0 spiro atoms. The van der Waals surface area contributed by atoms with Gasteiger partial charge in [0.1, 0.15) is 11.5 Å². The fourth-order valence-electron chi connectivity index (χ4n) is 7.30. The highest BCUT2D eigenvalue weighted by atomic mass is 16.5. The third-order valence-corrected chi connectivity index (χ3v) is 9.02. The third-order valence-electron chi connectivity index (χ3n) is 9.02. The number of hydrogen-bond donors (Lipinski definition) is 0. The number of hydrogen-bond acceptors (Lipinski definition) is 3. The first-order valence-corrected chi connectivity index (χ1v) is 14.6. The lowest BCUT2D eigenvalue weighted by Crippen LogP contribution is -2.60. The number of nitrogens with zero attached hydrogens (tertiary/aromatic N) is 2. The van der Waals surface area contributed by atoms with E-state index in [-0.39, 0.29) is 6.71 Å². The molecule has 198 valence electrons. The van der Waals surface area contributed by atoms with Crippen LogP contribution in [0.15, 0.2) is 133 Å². The average molecular weight is 538 g/mol. The minimum atomic E-state index is 0.0890. The third kappa shape index (κ3) is 3.29. The second-order valence-electron chi connectivity index (χ2n) is 11.4. The number of anilines is 6. The molecule has 0 saturated carbocycles. The van der Waals surface area contributed by atoms with E-state index in [1.54, 1.807) is 0 Å². The normalized spacial score (nSPS) is 13.8. The Labute approximate surface area is 246 Å². The molecule has 6 aromatic carbocycles. The van der Waals surface area contributed by atoms with Crippen molar-refractivity contribution < 1.29 is 4.74 Å². The van der Waals surface area contributed by atoms with Gasteiger partial charge >= 0.3 is 0 Å². The molecule has 0 saturated heterocycles. The van der Waals surface area contributed by atoms with E-state index in [9.17, 15) is 0 Å². The van der Waals surface area contributed by atoms with Crippen LogP contribution in [0, 0.1) is 6.92 Å². The van der Waals surface area contributed by atoms with E-state index in [0.717, 1.165) is 23.6 Å². The predicted molar refractivity (Wildman–Crippen MR) is 175 cm³/mol. The highest BCUT2D eigenvalue weighted by Gasteiger charge is 2.43. The summed E-state index contributed by atoms with van der Waals surface area (Å²) in [6.45, 7) is 2.37. The van der Waals surface area contributed by atoms with Crippen LogP contribution in [0.3, 0.4) is 0 Å². The minimum Gasteiger partial charge on any atom is -0.458 e. The molecule has 3 nitrogen and oxygen atoms in total. The van der Waals surface area contributed by atoms with Gasteiger partial charge in [-0.25, -0.2) is 0 Å². The number of aryl methyl sites for hydroxylation is 1. The summed E-state index contributed by atoms with van der Waals surface area (Å²) in [5.74, 6) is 1.87. The Bertz CT molecular complexity index is 1990. The first-order chi connectivity index (χ1) is 20.8. The first-order valence-electron chi connectivity index (χ1n) is 14.6. The van der Waals surface area contributed by atoms with Crippen molar-refractivity contribution in [2.75, 3.05) is 9.80 Å². The Morgan fingerprint density at radius 1 is 0.524 bits per heavy atom. The largest absolute Gasteiger partial charge is 0.458 e. The molecule has 4 heteroatoms. The van der Waals surface area contributed by atoms with E-state index in [0.29, 0.717) is 0 Å². The van der Waals surface area contributed by atoms with Gasteiger partial charge < -0.3 is 14.5 Å². The second-order valence-corrected chi connectivity index (χ2v) is 11.4. The van der Waals surface area contributed by atoms with Crippen molar-refractivity contribution in [2.45, 2.75) is 13.3 Å². The lowest BCUT2D eigenvalue weighted by atomic mass is 9.33. The van der Waals surface area contributed by atoms with Gasteiger partial charge in [0.15, 0.2) is 0 Å². The van der Waals surface area contributed by atoms with E-state index in [2.05, 4.69) is 150 Å². The number of ether oxygens (including phenoxy) is 1. The van der Waals surface area contributed by atoms with E-state index < -0.39 is 0 Å². The number of benzene rings is 6. The number of rotatable bonds is 2. The quantitative estimate of drug-likeness (QED) is 0.209. The highest BCUT2D eigenvalue weighted by molar-refractivity contribution is 6.99. The molecule has 3 heterocycles. The summed E-state index contributed by atoms with van der Waals surface area (Å²) in [4.78, 5) is 4.88. The Morgan fingerprint density at radius 2 is 1.14 bits per heavy atom. The summed E-state index contributed by atoms with van der Waals surface area (Å²) in [6, 6.07) is 48.1. The molecule has 0 bridgehead atoms. The van der Waals surface area contributed by atoms with Gasteiger partial charge in [-0.2, -0.15) is 0 Å². The molecule has 0 atom stereocenters. The molecule has 6 aromatic rings. The zero-order valence-electron chi connectivity index (χ0n) is 23.3. The van der Waals surface area contributed by atoms with Crippen LogP contribution >= 0.6 is 0 Å². The number of fused-ring (bicyclic) bond motifs is 6. The topological polar surface area (TPSA) is 15.7 Å². The van der Waals surface area contributed by atoms with Crippen LogP contribution in [0.4, 0.5) is 34.1 Å². The van der Waals surface area contributed by atoms with E-state index in [1.165, 1.54) is 61.5 Å². The van der Waals surface area contributed by atoms with Crippen molar-refractivity contribution >= 4 is 57.2 Å². The maximum atomic E-state index is 6.53. The second kappa shape index (κ2) is 8.89.